The molecule has 0 spiro atoms. The maximum absolute atomic E-state index is 12.3. The quantitative estimate of drug-likeness (QED) is 0.872. The first-order chi connectivity index (χ1) is 10.1. The molecule has 0 atom stereocenters. The molecule has 21 heavy (non-hydrogen) atoms. The van der Waals surface area contributed by atoms with Gasteiger partial charge in [-0.05, 0) is 49.4 Å². The van der Waals surface area contributed by atoms with Crippen LogP contribution in [0.2, 0.25) is 0 Å². The van der Waals surface area contributed by atoms with Gasteiger partial charge in [0.2, 0.25) is 0 Å². The highest BCUT2D eigenvalue weighted by Crippen LogP contribution is 2.45. The van der Waals surface area contributed by atoms with E-state index in [9.17, 15) is 4.79 Å². The topological polar surface area (TPSA) is 41.1 Å². The van der Waals surface area contributed by atoms with Crippen LogP contribution in [0, 0.1) is 13.8 Å². The van der Waals surface area contributed by atoms with Gasteiger partial charge in [-0.2, -0.15) is 0 Å². The van der Waals surface area contributed by atoms with Crippen molar-refractivity contribution in [3.05, 3.63) is 65.2 Å². The van der Waals surface area contributed by atoms with Crippen LogP contribution in [-0.2, 0) is 5.54 Å². The number of rotatable bonds is 3. The van der Waals surface area contributed by atoms with E-state index in [-0.39, 0.29) is 11.6 Å². The van der Waals surface area contributed by atoms with Crippen molar-refractivity contribution in [2.75, 3.05) is 5.32 Å². The molecule has 0 aromatic heterocycles. The first-order valence-corrected chi connectivity index (χ1v) is 7.32. The predicted molar refractivity (Wildman–Crippen MR) is 85.4 cm³/mol. The fourth-order valence-corrected chi connectivity index (χ4v) is 2.63. The fraction of sp³-hybridized carbons (Fsp3) is 0.278. The number of hydrogen-bond donors (Lipinski definition) is 2. The zero-order chi connectivity index (χ0) is 14.9. The molecule has 2 aromatic rings. The largest absolute Gasteiger partial charge is 0.328 e. The lowest BCUT2D eigenvalue weighted by molar-refractivity contribution is 0.247. The lowest BCUT2D eigenvalue weighted by Crippen LogP contribution is -2.38. The third kappa shape index (κ3) is 2.77. The van der Waals surface area contributed by atoms with Gasteiger partial charge in [0.05, 0.1) is 5.54 Å². The van der Waals surface area contributed by atoms with Crippen LogP contribution < -0.4 is 10.6 Å². The van der Waals surface area contributed by atoms with Crippen molar-refractivity contribution in [1.29, 1.82) is 0 Å². The second kappa shape index (κ2) is 5.24. The van der Waals surface area contributed by atoms with Gasteiger partial charge in [-0.25, -0.2) is 4.79 Å². The number of benzene rings is 2. The summed E-state index contributed by atoms with van der Waals surface area (Å²) in [6.07, 6.45) is 1.99. The third-order valence-electron chi connectivity index (χ3n) is 4.28. The van der Waals surface area contributed by atoms with Gasteiger partial charge in [0.25, 0.3) is 0 Å². The van der Waals surface area contributed by atoms with Gasteiger partial charge in [0, 0.05) is 5.69 Å². The molecule has 3 rings (SSSR count). The summed E-state index contributed by atoms with van der Waals surface area (Å²) in [6.45, 7) is 4.07. The molecule has 0 aliphatic heterocycles. The van der Waals surface area contributed by atoms with Crippen molar-refractivity contribution in [3.8, 4) is 0 Å². The summed E-state index contributed by atoms with van der Waals surface area (Å²) in [5, 5.41) is 6.10. The number of anilines is 1. The Balaban J connectivity index is 1.72. The lowest BCUT2D eigenvalue weighted by Gasteiger charge is -2.19. The average Bonchev–Trinajstić information content (AvgIpc) is 3.26. The first kappa shape index (κ1) is 13.7. The van der Waals surface area contributed by atoms with Crippen molar-refractivity contribution in [2.45, 2.75) is 32.2 Å². The van der Waals surface area contributed by atoms with E-state index in [0.717, 1.165) is 24.1 Å². The van der Waals surface area contributed by atoms with Crippen LogP contribution >= 0.6 is 0 Å². The van der Waals surface area contributed by atoms with Crippen molar-refractivity contribution in [2.24, 2.45) is 0 Å². The van der Waals surface area contributed by atoms with E-state index in [0.29, 0.717) is 0 Å². The Labute approximate surface area is 125 Å². The van der Waals surface area contributed by atoms with E-state index in [4.69, 9.17) is 0 Å². The van der Waals surface area contributed by atoms with Crippen molar-refractivity contribution < 1.29 is 4.79 Å². The van der Waals surface area contributed by atoms with Gasteiger partial charge in [-0.1, -0.05) is 42.5 Å². The molecule has 2 N–H and O–H groups in total. The van der Waals surface area contributed by atoms with Gasteiger partial charge in [-0.15, -0.1) is 0 Å². The van der Waals surface area contributed by atoms with Crippen molar-refractivity contribution in [3.63, 3.8) is 0 Å². The second-order valence-corrected chi connectivity index (χ2v) is 5.77. The highest BCUT2D eigenvalue weighted by molar-refractivity contribution is 5.91. The summed E-state index contributed by atoms with van der Waals surface area (Å²) >= 11 is 0. The van der Waals surface area contributed by atoms with E-state index in [2.05, 4.69) is 22.8 Å². The Bertz CT molecular complexity index is 660. The van der Waals surface area contributed by atoms with Gasteiger partial charge in [0.1, 0.15) is 0 Å². The second-order valence-electron chi connectivity index (χ2n) is 5.77. The Morgan fingerprint density at radius 2 is 1.71 bits per heavy atom. The number of urea groups is 1. The van der Waals surface area contributed by atoms with Crippen LogP contribution in [-0.4, -0.2) is 6.03 Å². The van der Waals surface area contributed by atoms with E-state index in [1.807, 2.05) is 50.2 Å². The smallest absolute Gasteiger partial charge is 0.319 e. The molecule has 108 valence electrons. The molecule has 1 saturated carbocycles. The van der Waals surface area contributed by atoms with E-state index < -0.39 is 0 Å². The zero-order valence-electron chi connectivity index (χ0n) is 12.4. The Morgan fingerprint density at radius 3 is 2.38 bits per heavy atom. The standard InChI is InChI=1S/C18H20N2O/c1-13-7-6-10-16(14(13)2)19-17(21)20-18(11-12-18)15-8-4-3-5-9-15/h3-10H,11-12H2,1-2H3,(H2,19,20,21). The SMILES string of the molecule is Cc1cccc(NC(=O)NC2(c3ccccc3)CC2)c1C. The number of carbonyl (C=O) groups excluding carboxylic acids is 1. The molecule has 2 aromatic carbocycles. The van der Waals surface area contributed by atoms with Crippen LogP contribution in [0.1, 0.15) is 29.5 Å². The van der Waals surface area contributed by atoms with Crippen LogP contribution in [0.3, 0.4) is 0 Å². The van der Waals surface area contributed by atoms with Gasteiger partial charge < -0.3 is 10.6 Å². The minimum atomic E-state index is -0.178. The molecule has 2 amide bonds. The van der Waals surface area contributed by atoms with Crippen LogP contribution in [0.5, 0.6) is 0 Å². The zero-order valence-corrected chi connectivity index (χ0v) is 12.4. The molecule has 1 fully saturated rings. The van der Waals surface area contributed by atoms with Crippen molar-refractivity contribution in [1.82, 2.24) is 5.32 Å². The number of nitrogens with one attached hydrogen (secondary N) is 2. The minimum Gasteiger partial charge on any atom is -0.328 e. The molecule has 1 aliphatic rings. The third-order valence-corrected chi connectivity index (χ3v) is 4.28. The average molecular weight is 280 g/mol. The van der Waals surface area contributed by atoms with Gasteiger partial charge >= 0.3 is 6.03 Å². The Morgan fingerprint density at radius 1 is 1.00 bits per heavy atom. The van der Waals surface area contributed by atoms with E-state index in [1.54, 1.807) is 0 Å². The van der Waals surface area contributed by atoms with Crippen LogP contribution in [0.15, 0.2) is 48.5 Å². The fourth-order valence-electron chi connectivity index (χ4n) is 2.63. The Hall–Kier alpha value is -2.29. The summed E-state index contributed by atoms with van der Waals surface area (Å²) in [5.41, 5.74) is 4.16. The van der Waals surface area contributed by atoms with E-state index >= 15 is 0 Å². The van der Waals surface area contributed by atoms with E-state index in [1.165, 1.54) is 11.1 Å². The summed E-state index contributed by atoms with van der Waals surface area (Å²) in [7, 11) is 0. The van der Waals surface area contributed by atoms with Crippen LogP contribution in [0.4, 0.5) is 10.5 Å². The van der Waals surface area contributed by atoms with Crippen LogP contribution in [0.25, 0.3) is 0 Å². The van der Waals surface area contributed by atoms with Gasteiger partial charge in [0.15, 0.2) is 0 Å². The number of amides is 2. The maximum atomic E-state index is 12.3. The molecular formula is C18H20N2O. The number of carbonyl (C=O) groups is 1. The monoisotopic (exact) mass is 280 g/mol. The molecule has 3 heteroatoms. The molecule has 3 nitrogen and oxygen atoms in total. The number of hydrogen-bond acceptors (Lipinski definition) is 1. The normalized spacial score (nSPS) is 15.3. The molecule has 0 radical (unpaired) electrons. The lowest BCUT2D eigenvalue weighted by atomic mass is 10.1. The summed E-state index contributed by atoms with van der Waals surface area (Å²) in [4.78, 5) is 12.3. The molecule has 0 bridgehead atoms. The maximum Gasteiger partial charge on any atom is 0.319 e. The molecular weight excluding hydrogens is 260 g/mol. The molecule has 0 heterocycles. The Kier molecular flexibility index (Phi) is 3.42. The highest BCUT2D eigenvalue weighted by atomic mass is 16.2. The predicted octanol–water partition coefficient (Wildman–Crippen LogP) is 4.11. The summed E-state index contributed by atoms with van der Waals surface area (Å²) in [6, 6.07) is 16.0. The molecule has 0 unspecified atom stereocenters. The number of aryl methyl sites for hydroxylation is 1. The highest BCUT2D eigenvalue weighted by Gasteiger charge is 2.45. The van der Waals surface area contributed by atoms with Gasteiger partial charge in [-0.3, -0.25) is 0 Å². The first-order valence-electron chi connectivity index (χ1n) is 7.32. The summed E-state index contributed by atoms with van der Waals surface area (Å²) in [5.74, 6) is 0. The molecule has 0 saturated heterocycles. The minimum absolute atomic E-state index is 0.134. The molecule has 1 aliphatic carbocycles. The summed E-state index contributed by atoms with van der Waals surface area (Å²) < 4.78 is 0. The van der Waals surface area contributed by atoms with Crippen molar-refractivity contribution >= 4 is 11.7 Å².